The second-order valence-corrected chi connectivity index (χ2v) is 11.9. The van der Waals surface area contributed by atoms with Crippen LogP contribution < -0.4 is 16.0 Å². The third-order valence-electron chi connectivity index (χ3n) is 7.38. The maximum atomic E-state index is 14.2. The molecule has 3 aromatic rings. The van der Waals surface area contributed by atoms with E-state index in [9.17, 15) is 27.6 Å². The second-order valence-electron chi connectivity index (χ2n) is 11.9. The van der Waals surface area contributed by atoms with E-state index < -0.39 is 41.3 Å². The molecule has 7 nitrogen and oxygen atoms in total. The van der Waals surface area contributed by atoms with E-state index in [1.165, 1.54) is 17.0 Å². The summed E-state index contributed by atoms with van der Waals surface area (Å²) in [5, 5.41) is 8.05. The van der Waals surface area contributed by atoms with Crippen LogP contribution in [0.1, 0.15) is 67.8 Å². The summed E-state index contributed by atoms with van der Waals surface area (Å²) >= 11 is 0. The predicted octanol–water partition coefficient (Wildman–Crippen LogP) is 6.57. The van der Waals surface area contributed by atoms with Crippen LogP contribution in [0.25, 0.3) is 0 Å². The minimum Gasteiger partial charge on any atom is -0.350 e. The molecule has 3 aromatic carbocycles. The van der Waals surface area contributed by atoms with Gasteiger partial charge in [-0.05, 0) is 81.3 Å². The third kappa shape index (κ3) is 8.37. The van der Waals surface area contributed by atoms with Gasteiger partial charge in [0.1, 0.15) is 12.6 Å². The van der Waals surface area contributed by atoms with Crippen molar-refractivity contribution in [2.45, 2.75) is 70.3 Å². The molecule has 0 aromatic heterocycles. The van der Waals surface area contributed by atoms with Crippen molar-refractivity contribution in [3.63, 3.8) is 0 Å². The summed E-state index contributed by atoms with van der Waals surface area (Å²) in [6.07, 6.45) is -3.84. The van der Waals surface area contributed by atoms with Crippen molar-refractivity contribution >= 4 is 23.5 Å². The topological polar surface area (TPSA) is 90.5 Å². The van der Waals surface area contributed by atoms with Gasteiger partial charge in [0, 0.05) is 11.2 Å². The van der Waals surface area contributed by atoms with E-state index in [-0.39, 0.29) is 30.5 Å². The van der Waals surface area contributed by atoms with Gasteiger partial charge in [0.2, 0.25) is 11.8 Å². The Balaban J connectivity index is 1.69. The molecule has 228 valence electrons. The van der Waals surface area contributed by atoms with Crippen LogP contribution in [0.15, 0.2) is 78.9 Å². The lowest BCUT2D eigenvalue weighted by Crippen LogP contribution is -2.53. The number of nitrogens with zero attached hydrogens (tertiary/aromatic N) is 1. The number of likely N-dealkylation sites (tertiary alicyclic amines) is 1. The molecule has 1 aliphatic rings. The Labute approximate surface area is 249 Å². The molecule has 4 amide bonds. The zero-order valence-corrected chi connectivity index (χ0v) is 24.7. The molecule has 0 radical (unpaired) electrons. The van der Waals surface area contributed by atoms with Crippen LogP contribution in [0, 0.1) is 6.92 Å². The zero-order valence-electron chi connectivity index (χ0n) is 24.7. The largest absolute Gasteiger partial charge is 0.416 e. The number of aryl methyl sites for hydroxylation is 1. The van der Waals surface area contributed by atoms with Crippen LogP contribution in [-0.2, 0) is 15.8 Å². The molecule has 0 bridgehead atoms. The van der Waals surface area contributed by atoms with Crippen LogP contribution in [0.2, 0.25) is 0 Å². The predicted molar refractivity (Wildman–Crippen MR) is 159 cm³/mol. The molecule has 0 spiro atoms. The highest BCUT2D eigenvalue weighted by Crippen LogP contribution is 2.40. The molecular weight excluding hydrogens is 557 g/mol. The lowest BCUT2D eigenvalue weighted by molar-refractivity contribution is -0.139. The highest BCUT2D eigenvalue weighted by molar-refractivity contribution is 5.95. The number of anilines is 1. The highest BCUT2D eigenvalue weighted by Gasteiger charge is 2.40. The molecule has 43 heavy (non-hydrogen) atoms. The van der Waals surface area contributed by atoms with Crippen LogP contribution in [0.4, 0.5) is 23.7 Å². The summed E-state index contributed by atoms with van der Waals surface area (Å²) in [6.45, 7) is 7.29. The Morgan fingerprint density at radius 1 is 0.907 bits per heavy atom. The summed E-state index contributed by atoms with van der Waals surface area (Å²) in [7, 11) is 0. The monoisotopic (exact) mass is 594 g/mol. The number of nitrogens with one attached hydrogen (secondary N) is 3. The normalized spacial score (nSPS) is 19.4. The van der Waals surface area contributed by atoms with Crippen LogP contribution in [0.3, 0.4) is 0 Å². The number of hydrogen-bond donors (Lipinski definition) is 3. The Hall–Kier alpha value is -4.34. The van der Waals surface area contributed by atoms with Gasteiger partial charge in [0.05, 0.1) is 11.6 Å². The number of hydrogen-bond acceptors (Lipinski definition) is 3. The summed E-state index contributed by atoms with van der Waals surface area (Å²) in [5.41, 5.74) is 1.40. The van der Waals surface area contributed by atoms with Gasteiger partial charge in [-0.1, -0.05) is 60.7 Å². The van der Waals surface area contributed by atoms with Crippen molar-refractivity contribution in [2.75, 3.05) is 11.9 Å². The fourth-order valence-corrected chi connectivity index (χ4v) is 5.54. The van der Waals surface area contributed by atoms with E-state index in [2.05, 4.69) is 16.0 Å². The Kier molecular flexibility index (Phi) is 9.47. The number of rotatable bonds is 6. The average Bonchev–Trinajstić information content (AvgIpc) is 3.05. The maximum absolute atomic E-state index is 14.2. The summed E-state index contributed by atoms with van der Waals surface area (Å²) in [6, 6.07) is 19.2. The van der Waals surface area contributed by atoms with E-state index in [1.807, 2.05) is 82.3 Å². The number of amides is 4. The minimum atomic E-state index is -4.58. The number of benzene rings is 3. The van der Waals surface area contributed by atoms with Crippen molar-refractivity contribution in [3.05, 3.63) is 101 Å². The Bertz CT molecular complexity index is 1450. The lowest BCUT2D eigenvalue weighted by atomic mass is 9.84. The van der Waals surface area contributed by atoms with Crippen LogP contribution in [0.5, 0.6) is 0 Å². The summed E-state index contributed by atoms with van der Waals surface area (Å²) < 4.78 is 39.7. The van der Waals surface area contributed by atoms with Crippen molar-refractivity contribution in [3.8, 4) is 0 Å². The first kappa shape index (κ1) is 31.6. The number of carbonyl (C=O) groups is 3. The van der Waals surface area contributed by atoms with Gasteiger partial charge in [-0.25, -0.2) is 4.79 Å². The molecule has 4 rings (SSSR count). The van der Waals surface area contributed by atoms with Crippen LogP contribution >= 0.6 is 0 Å². The lowest BCUT2D eigenvalue weighted by Gasteiger charge is -2.33. The molecule has 3 N–H and O–H groups in total. The molecule has 1 aliphatic heterocycles. The SMILES string of the molecule is Cc1ccccc1[C@@H]1C[C@H](c2ccccc2)N(CC(=O)NC(C)(C)C)C(=O)[C@H](NC(=O)Nc2cccc(C(F)(F)F)c2)C1. The van der Waals surface area contributed by atoms with Crippen LogP contribution in [-0.4, -0.2) is 40.9 Å². The Morgan fingerprint density at radius 2 is 1.58 bits per heavy atom. The zero-order chi connectivity index (χ0) is 31.4. The number of carbonyl (C=O) groups excluding carboxylic acids is 3. The second kappa shape index (κ2) is 12.9. The fraction of sp³-hybridized carbons (Fsp3) is 0.364. The smallest absolute Gasteiger partial charge is 0.350 e. The van der Waals surface area contributed by atoms with Gasteiger partial charge in [-0.2, -0.15) is 13.2 Å². The third-order valence-corrected chi connectivity index (χ3v) is 7.38. The molecule has 0 saturated carbocycles. The molecule has 0 aliphatic carbocycles. The first-order valence-corrected chi connectivity index (χ1v) is 14.2. The van der Waals surface area contributed by atoms with E-state index in [0.29, 0.717) is 6.42 Å². The molecule has 1 saturated heterocycles. The van der Waals surface area contributed by atoms with E-state index in [4.69, 9.17) is 0 Å². The van der Waals surface area contributed by atoms with Gasteiger partial charge in [0.15, 0.2) is 0 Å². The molecule has 1 fully saturated rings. The van der Waals surface area contributed by atoms with E-state index in [1.54, 1.807) is 0 Å². The van der Waals surface area contributed by atoms with Crippen molar-refractivity contribution < 1.29 is 27.6 Å². The van der Waals surface area contributed by atoms with Gasteiger partial charge in [0.25, 0.3) is 0 Å². The summed E-state index contributed by atoms with van der Waals surface area (Å²) in [4.78, 5) is 42.0. The molecule has 3 atom stereocenters. The highest BCUT2D eigenvalue weighted by atomic mass is 19.4. The standard InChI is InChI=1S/C33H37F3N4O3/c1-21-11-8-9-16-26(21)23-17-27(38-31(43)37-25-15-10-14-24(19-25)33(34,35)36)30(42)40(20-29(41)39-32(2,3)4)28(18-23)22-12-6-5-7-13-22/h5-16,19,23,27-28H,17-18,20H2,1-4H3,(H,39,41)(H2,37,38,43)/t23-,27+,28+/m0/s1. The molecule has 1 heterocycles. The van der Waals surface area contributed by atoms with Gasteiger partial charge < -0.3 is 20.9 Å². The molecule has 0 unspecified atom stereocenters. The number of halogens is 3. The molecule has 10 heteroatoms. The van der Waals surface area contributed by atoms with Gasteiger partial charge >= 0.3 is 12.2 Å². The fourth-order valence-electron chi connectivity index (χ4n) is 5.54. The maximum Gasteiger partial charge on any atom is 0.416 e. The van der Waals surface area contributed by atoms with E-state index >= 15 is 0 Å². The van der Waals surface area contributed by atoms with Gasteiger partial charge in [-0.3, -0.25) is 9.59 Å². The first-order chi connectivity index (χ1) is 20.2. The van der Waals surface area contributed by atoms with Crippen molar-refractivity contribution in [1.82, 2.24) is 15.5 Å². The quantitative estimate of drug-likeness (QED) is 0.302. The van der Waals surface area contributed by atoms with Crippen molar-refractivity contribution in [2.24, 2.45) is 0 Å². The van der Waals surface area contributed by atoms with Gasteiger partial charge in [-0.15, -0.1) is 0 Å². The van der Waals surface area contributed by atoms with E-state index in [0.717, 1.165) is 28.8 Å². The average molecular weight is 595 g/mol. The number of urea groups is 1. The number of alkyl halides is 3. The molecular formula is C33H37F3N4O3. The van der Waals surface area contributed by atoms with Crippen molar-refractivity contribution in [1.29, 1.82) is 0 Å². The minimum absolute atomic E-state index is 0.0626. The summed E-state index contributed by atoms with van der Waals surface area (Å²) in [5.74, 6) is -0.971. The first-order valence-electron chi connectivity index (χ1n) is 14.2. The Morgan fingerprint density at radius 3 is 2.23 bits per heavy atom.